The number of nitrogens with two attached hydrogens (primary N) is 1. The molecule has 0 amide bonds. The summed E-state index contributed by atoms with van der Waals surface area (Å²) >= 11 is 0. The highest BCUT2D eigenvalue weighted by Gasteiger charge is 1.95. The minimum atomic E-state index is 0.596. The van der Waals surface area contributed by atoms with Crippen LogP contribution in [0, 0.1) is 6.92 Å². The van der Waals surface area contributed by atoms with Crippen molar-refractivity contribution in [2.45, 2.75) is 20.0 Å². The molecule has 0 radical (unpaired) electrons. The fraction of sp³-hybridized carbons (Fsp3) is 0.200. The Bertz CT molecular complexity index is 475. The molecule has 3 N–H and O–H groups in total. The summed E-state index contributed by atoms with van der Waals surface area (Å²) in [4.78, 5) is 0. The van der Waals surface area contributed by atoms with Crippen LogP contribution >= 0.6 is 0 Å². The molecule has 2 nitrogen and oxygen atoms in total. The van der Waals surface area contributed by atoms with E-state index < -0.39 is 0 Å². The first-order valence-corrected chi connectivity index (χ1v) is 5.86. The molecule has 88 valence electrons. The number of rotatable bonds is 4. The number of aryl methyl sites for hydroxylation is 1. The molecular formula is C15H18N2. The maximum atomic E-state index is 5.62. The predicted octanol–water partition coefficient (Wildman–Crippen LogP) is 3.07. The Kier molecular flexibility index (Phi) is 3.78. The molecule has 0 saturated heterocycles. The molecule has 0 bridgehead atoms. The van der Waals surface area contributed by atoms with Crippen LogP contribution in [-0.2, 0) is 13.1 Å². The monoisotopic (exact) mass is 226 g/mol. The smallest absolute Gasteiger partial charge is 0.0400 e. The summed E-state index contributed by atoms with van der Waals surface area (Å²) in [5, 5.41) is 3.40. The number of nitrogens with one attached hydrogen (secondary N) is 1. The number of anilines is 1. The average Bonchev–Trinajstić information content (AvgIpc) is 2.38. The van der Waals surface area contributed by atoms with Crippen LogP contribution in [0.4, 0.5) is 5.69 Å². The van der Waals surface area contributed by atoms with Gasteiger partial charge in [0.1, 0.15) is 0 Å². The van der Waals surface area contributed by atoms with Crippen LogP contribution < -0.4 is 11.1 Å². The lowest BCUT2D eigenvalue weighted by Crippen LogP contribution is -2.01. The van der Waals surface area contributed by atoms with Crippen LogP contribution in [0.15, 0.2) is 48.5 Å². The molecule has 2 rings (SSSR count). The van der Waals surface area contributed by atoms with E-state index in [1.165, 1.54) is 16.7 Å². The summed E-state index contributed by atoms with van der Waals surface area (Å²) in [6.07, 6.45) is 0. The molecule has 0 unspecified atom stereocenters. The molecule has 2 heteroatoms. The van der Waals surface area contributed by atoms with Gasteiger partial charge in [0.15, 0.2) is 0 Å². The highest BCUT2D eigenvalue weighted by atomic mass is 14.9. The summed E-state index contributed by atoms with van der Waals surface area (Å²) in [6.45, 7) is 3.52. The van der Waals surface area contributed by atoms with Gasteiger partial charge in [-0.25, -0.2) is 0 Å². The van der Waals surface area contributed by atoms with Gasteiger partial charge in [0.25, 0.3) is 0 Å². The fourth-order valence-corrected chi connectivity index (χ4v) is 1.74. The van der Waals surface area contributed by atoms with Crippen LogP contribution in [0.3, 0.4) is 0 Å². The Morgan fingerprint density at radius 1 is 1.00 bits per heavy atom. The van der Waals surface area contributed by atoms with Gasteiger partial charge >= 0.3 is 0 Å². The van der Waals surface area contributed by atoms with Crippen LogP contribution in [0.1, 0.15) is 16.7 Å². The Morgan fingerprint density at radius 3 is 2.41 bits per heavy atom. The summed E-state index contributed by atoms with van der Waals surface area (Å²) in [5.41, 5.74) is 10.5. The van der Waals surface area contributed by atoms with E-state index in [2.05, 4.69) is 54.7 Å². The lowest BCUT2D eigenvalue weighted by molar-refractivity contribution is 1.05. The molecule has 0 aliphatic heterocycles. The first kappa shape index (κ1) is 11.7. The van der Waals surface area contributed by atoms with Crippen molar-refractivity contribution in [3.05, 3.63) is 65.2 Å². The van der Waals surface area contributed by atoms with E-state index in [4.69, 9.17) is 5.73 Å². The van der Waals surface area contributed by atoms with Gasteiger partial charge in [-0.15, -0.1) is 0 Å². The van der Waals surface area contributed by atoms with E-state index in [9.17, 15) is 0 Å². The van der Waals surface area contributed by atoms with Crippen molar-refractivity contribution in [2.24, 2.45) is 5.73 Å². The Labute approximate surface area is 102 Å². The predicted molar refractivity (Wildman–Crippen MR) is 72.8 cm³/mol. The molecule has 0 saturated carbocycles. The highest BCUT2D eigenvalue weighted by molar-refractivity contribution is 5.45. The first-order chi connectivity index (χ1) is 8.28. The van der Waals surface area contributed by atoms with Crippen LogP contribution in [0.25, 0.3) is 0 Å². The van der Waals surface area contributed by atoms with Gasteiger partial charge in [-0.2, -0.15) is 0 Å². The van der Waals surface area contributed by atoms with Gasteiger partial charge in [-0.1, -0.05) is 42.0 Å². The van der Waals surface area contributed by atoms with Crippen molar-refractivity contribution in [3.63, 3.8) is 0 Å². The fourth-order valence-electron chi connectivity index (χ4n) is 1.74. The second-order valence-electron chi connectivity index (χ2n) is 4.24. The van der Waals surface area contributed by atoms with E-state index >= 15 is 0 Å². The lowest BCUT2D eigenvalue weighted by atomic mass is 10.1. The second kappa shape index (κ2) is 5.51. The molecule has 0 aliphatic rings. The van der Waals surface area contributed by atoms with E-state index in [1.54, 1.807) is 0 Å². The summed E-state index contributed by atoms with van der Waals surface area (Å²) < 4.78 is 0. The topological polar surface area (TPSA) is 38.0 Å². The zero-order valence-corrected chi connectivity index (χ0v) is 10.1. The minimum absolute atomic E-state index is 0.596. The van der Waals surface area contributed by atoms with Crippen LogP contribution in [-0.4, -0.2) is 0 Å². The second-order valence-corrected chi connectivity index (χ2v) is 4.24. The Balaban J connectivity index is 1.99. The molecule has 2 aromatic rings. The van der Waals surface area contributed by atoms with Gasteiger partial charge in [-0.3, -0.25) is 0 Å². The van der Waals surface area contributed by atoms with Gasteiger partial charge in [0, 0.05) is 18.8 Å². The van der Waals surface area contributed by atoms with E-state index in [0.717, 1.165) is 12.2 Å². The standard InChI is InChI=1S/C15H18N2/c1-12-5-7-15(8-6-12)17-11-14-4-2-3-13(9-14)10-16/h2-9,17H,10-11,16H2,1H3. The van der Waals surface area contributed by atoms with Gasteiger partial charge in [-0.05, 0) is 30.2 Å². The molecule has 0 atom stereocenters. The first-order valence-electron chi connectivity index (χ1n) is 5.86. The van der Waals surface area contributed by atoms with Gasteiger partial charge in [0.05, 0.1) is 0 Å². The van der Waals surface area contributed by atoms with Crippen molar-refractivity contribution in [2.75, 3.05) is 5.32 Å². The van der Waals surface area contributed by atoms with E-state index in [0.29, 0.717) is 6.54 Å². The molecular weight excluding hydrogens is 208 g/mol. The molecule has 0 aliphatic carbocycles. The normalized spacial score (nSPS) is 10.2. The highest BCUT2D eigenvalue weighted by Crippen LogP contribution is 2.11. The molecule has 17 heavy (non-hydrogen) atoms. The van der Waals surface area contributed by atoms with Crippen molar-refractivity contribution in [3.8, 4) is 0 Å². The van der Waals surface area contributed by atoms with Gasteiger partial charge < -0.3 is 11.1 Å². The van der Waals surface area contributed by atoms with E-state index in [-0.39, 0.29) is 0 Å². The molecule has 2 aromatic carbocycles. The van der Waals surface area contributed by atoms with Crippen LogP contribution in [0.5, 0.6) is 0 Å². The third-order valence-corrected chi connectivity index (χ3v) is 2.78. The van der Waals surface area contributed by atoms with Gasteiger partial charge in [0.2, 0.25) is 0 Å². The summed E-state index contributed by atoms with van der Waals surface area (Å²) in [7, 11) is 0. The van der Waals surface area contributed by atoms with Crippen molar-refractivity contribution < 1.29 is 0 Å². The zero-order valence-electron chi connectivity index (χ0n) is 10.1. The molecule has 0 heterocycles. The summed E-state index contributed by atoms with van der Waals surface area (Å²) in [6, 6.07) is 16.8. The van der Waals surface area contributed by atoms with Crippen LogP contribution in [0.2, 0.25) is 0 Å². The lowest BCUT2D eigenvalue weighted by Gasteiger charge is -2.08. The Morgan fingerprint density at radius 2 is 1.71 bits per heavy atom. The summed E-state index contributed by atoms with van der Waals surface area (Å²) in [5.74, 6) is 0. The minimum Gasteiger partial charge on any atom is -0.381 e. The third kappa shape index (κ3) is 3.33. The number of hydrogen-bond donors (Lipinski definition) is 2. The largest absolute Gasteiger partial charge is 0.381 e. The van der Waals surface area contributed by atoms with Crippen molar-refractivity contribution in [1.82, 2.24) is 0 Å². The third-order valence-electron chi connectivity index (χ3n) is 2.78. The molecule has 0 aromatic heterocycles. The number of hydrogen-bond acceptors (Lipinski definition) is 2. The van der Waals surface area contributed by atoms with Crippen molar-refractivity contribution >= 4 is 5.69 Å². The molecule has 0 spiro atoms. The maximum Gasteiger partial charge on any atom is 0.0400 e. The molecule has 0 fully saturated rings. The quantitative estimate of drug-likeness (QED) is 0.840. The zero-order chi connectivity index (χ0) is 12.1. The SMILES string of the molecule is Cc1ccc(NCc2cccc(CN)c2)cc1. The van der Waals surface area contributed by atoms with Crippen molar-refractivity contribution in [1.29, 1.82) is 0 Å². The van der Waals surface area contributed by atoms with E-state index in [1.807, 2.05) is 6.07 Å². The number of benzene rings is 2. The maximum absolute atomic E-state index is 5.62. The Hall–Kier alpha value is -1.80. The average molecular weight is 226 g/mol.